The van der Waals surface area contributed by atoms with E-state index in [1.165, 1.54) is 31.5 Å². The molecular formula is C21H31N3O. The van der Waals surface area contributed by atoms with E-state index in [1.54, 1.807) is 0 Å². The molecule has 3 aliphatic rings. The van der Waals surface area contributed by atoms with Crippen LogP contribution in [0.25, 0.3) is 0 Å². The number of rotatable bonds is 4. The molecule has 1 aromatic carbocycles. The number of piperidine rings is 1. The summed E-state index contributed by atoms with van der Waals surface area (Å²) in [5.41, 5.74) is 1.78. The summed E-state index contributed by atoms with van der Waals surface area (Å²) < 4.78 is 0. The maximum Gasteiger partial charge on any atom is 0.226 e. The van der Waals surface area contributed by atoms with Crippen molar-refractivity contribution in [2.75, 3.05) is 52.9 Å². The quantitative estimate of drug-likeness (QED) is 0.839. The fourth-order valence-corrected chi connectivity index (χ4v) is 4.65. The number of piperazine rings is 1. The molecule has 2 saturated heterocycles. The Balaban J connectivity index is 1.23. The van der Waals surface area contributed by atoms with E-state index in [4.69, 9.17) is 0 Å². The highest BCUT2D eigenvalue weighted by Gasteiger charge is 2.59. The van der Waals surface area contributed by atoms with Gasteiger partial charge in [0.2, 0.25) is 5.91 Å². The predicted molar refractivity (Wildman–Crippen MR) is 100 cm³/mol. The molecule has 1 atom stereocenters. The van der Waals surface area contributed by atoms with Gasteiger partial charge in [-0.1, -0.05) is 30.3 Å². The third-order valence-corrected chi connectivity index (χ3v) is 6.71. The molecule has 25 heavy (non-hydrogen) atoms. The molecule has 4 rings (SSSR count). The number of carbonyl (C=O) groups excluding carboxylic acids is 1. The van der Waals surface area contributed by atoms with E-state index in [0.717, 1.165) is 45.6 Å². The van der Waals surface area contributed by atoms with Crippen LogP contribution in [-0.4, -0.2) is 73.5 Å². The Morgan fingerprint density at radius 1 is 1.04 bits per heavy atom. The topological polar surface area (TPSA) is 26.8 Å². The standard InChI is InChI=1S/C21H31N3O/c1-22-13-15-24(16-14-22)20(25)19-17-21(19)8-11-23(12-9-21)10-7-18-5-3-2-4-6-18/h2-6,19H,7-17H2,1H3. The Morgan fingerprint density at radius 2 is 1.72 bits per heavy atom. The lowest BCUT2D eigenvalue weighted by Crippen LogP contribution is -2.48. The van der Waals surface area contributed by atoms with E-state index in [0.29, 0.717) is 17.2 Å². The first-order valence-corrected chi connectivity index (χ1v) is 9.90. The second-order valence-electron chi connectivity index (χ2n) is 8.32. The van der Waals surface area contributed by atoms with E-state index in [-0.39, 0.29) is 0 Å². The second kappa shape index (κ2) is 7.08. The Bertz CT molecular complexity index is 586. The third kappa shape index (κ3) is 3.75. The van der Waals surface area contributed by atoms with Crippen LogP contribution in [0.1, 0.15) is 24.8 Å². The van der Waals surface area contributed by atoms with Crippen LogP contribution in [0, 0.1) is 11.3 Å². The molecule has 1 amide bonds. The first-order chi connectivity index (χ1) is 12.2. The highest BCUT2D eigenvalue weighted by Crippen LogP contribution is 2.60. The summed E-state index contributed by atoms with van der Waals surface area (Å²) in [7, 11) is 2.14. The Hall–Kier alpha value is -1.39. The molecule has 1 aromatic rings. The van der Waals surface area contributed by atoms with Gasteiger partial charge in [-0.15, -0.1) is 0 Å². The molecule has 0 N–H and O–H groups in total. The number of likely N-dealkylation sites (tertiary alicyclic amines) is 1. The fraction of sp³-hybridized carbons (Fsp3) is 0.667. The van der Waals surface area contributed by atoms with Gasteiger partial charge >= 0.3 is 0 Å². The summed E-state index contributed by atoms with van der Waals surface area (Å²) in [5.74, 6) is 0.776. The smallest absolute Gasteiger partial charge is 0.226 e. The minimum Gasteiger partial charge on any atom is -0.340 e. The van der Waals surface area contributed by atoms with Gasteiger partial charge in [-0.25, -0.2) is 0 Å². The molecule has 0 radical (unpaired) electrons. The van der Waals surface area contributed by atoms with Gasteiger partial charge in [0.1, 0.15) is 0 Å². The average molecular weight is 341 g/mol. The van der Waals surface area contributed by atoms with Crippen molar-refractivity contribution in [1.82, 2.24) is 14.7 Å². The Kier molecular flexibility index (Phi) is 4.83. The average Bonchev–Trinajstić information content (AvgIpc) is 3.36. The largest absolute Gasteiger partial charge is 0.340 e. The van der Waals surface area contributed by atoms with E-state index in [1.807, 2.05) is 0 Å². The van der Waals surface area contributed by atoms with Crippen LogP contribution in [0.4, 0.5) is 0 Å². The molecule has 1 spiro atoms. The molecule has 2 aliphatic heterocycles. The highest BCUT2D eigenvalue weighted by atomic mass is 16.2. The highest BCUT2D eigenvalue weighted by molar-refractivity contribution is 5.83. The fourth-order valence-electron chi connectivity index (χ4n) is 4.65. The summed E-state index contributed by atoms with van der Waals surface area (Å²) in [6.45, 7) is 7.38. The number of amides is 1. The van der Waals surface area contributed by atoms with Gasteiger partial charge < -0.3 is 14.7 Å². The van der Waals surface area contributed by atoms with Gasteiger partial charge in [-0.2, -0.15) is 0 Å². The maximum atomic E-state index is 12.8. The molecule has 1 aliphatic carbocycles. The van der Waals surface area contributed by atoms with E-state index >= 15 is 0 Å². The molecule has 2 heterocycles. The molecule has 4 heteroatoms. The van der Waals surface area contributed by atoms with Crippen LogP contribution in [0.5, 0.6) is 0 Å². The van der Waals surface area contributed by atoms with Crippen LogP contribution < -0.4 is 0 Å². The lowest BCUT2D eigenvalue weighted by atomic mass is 9.90. The first kappa shape index (κ1) is 17.0. The third-order valence-electron chi connectivity index (χ3n) is 6.71. The SMILES string of the molecule is CN1CCN(C(=O)C2CC23CCN(CCc2ccccc2)CC3)CC1. The lowest BCUT2D eigenvalue weighted by Gasteiger charge is -2.35. The number of hydrogen-bond donors (Lipinski definition) is 0. The molecule has 4 nitrogen and oxygen atoms in total. The van der Waals surface area contributed by atoms with Crippen LogP contribution in [0.2, 0.25) is 0 Å². The molecule has 0 aromatic heterocycles. The number of benzene rings is 1. The van der Waals surface area contributed by atoms with Crippen molar-refractivity contribution >= 4 is 5.91 Å². The predicted octanol–water partition coefficient (Wildman–Crippen LogP) is 2.11. The molecule has 1 unspecified atom stereocenters. The monoisotopic (exact) mass is 341 g/mol. The number of hydrogen-bond acceptors (Lipinski definition) is 3. The van der Waals surface area contributed by atoms with E-state index in [9.17, 15) is 4.79 Å². The summed E-state index contributed by atoms with van der Waals surface area (Å²) in [5, 5.41) is 0. The minimum atomic E-state index is 0.326. The van der Waals surface area contributed by atoms with Crippen molar-refractivity contribution in [3.05, 3.63) is 35.9 Å². The van der Waals surface area contributed by atoms with Crippen molar-refractivity contribution < 1.29 is 4.79 Å². The molecular weight excluding hydrogens is 310 g/mol. The van der Waals surface area contributed by atoms with Gasteiger partial charge in [-0.05, 0) is 56.8 Å². The van der Waals surface area contributed by atoms with Crippen molar-refractivity contribution in [2.24, 2.45) is 11.3 Å². The summed E-state index contributed by atoms with van der Waals surface area (Å²) >= 11 is 0. The molecule has 1 saturated carbocycles. The molecule has 3 fully saturated rings. The summed E-state index contributed by atoms with van der Waals surface area (Å²) in [4.78, 5) is 19.9. The zero-order valence-electron chi connectivity index (χ0n) is 15.5. The van der Waals surface area contributed by atoms with Gasteiger partial charge in [0.05, 0.1) is 0 Å². The van der Waals surface area contributed by atoms with Crippen molar-refractivity contribution in [2.45, 2.75) is 25.7 Å². The number of carbonyl (C=O) groups is 1. The maximum absolute atomic E-state index is 12.8. The van der Waals surface area contributed by atoms with Crippen LogP contribution in [-0.2, 0) is 11.2 Å². The summed E-state index contributed by atoms with van der Waals surface area (Å²) in [6, 6.07) is 10.8. The summed E-state index contributed by atoms with van der Waals surface area (Å²) in [6.07, 6.45) is 4.71. The zero-order chi connectivity index (χ0) is 17.3. The lowest BCUT2D eigenvalue weighted by molar-refractivity contribution is -0.135. The van der Waals surface area contributed by atoms with Crippen molar-refractivity contribution in [1.29, 1.82) is 0 Å². The number of likely N-dealkylation sites (N-methyl/N-ethyl adjacent to an activating group) is 1. The number of nitrogens with zero attached hydrogens (tertiary/aromatic N) is 3. The van der Waals surface area contributed by atoms with Gasteiger partial charge in [0, 0.05) is 38.6 Å². The zero-order valence-corrected chi connectivity index (χ0v) is 15.5. The van der Waals surface area contributed by atoms with Crippen LogP contribution in [0.15, 0.2) is 30.3 Å². The van der Waals surface area contributed by atoms with E-state index in [2.05, 4.69) is 52.1 Å². The second-order valence-corrected chi connectivity index (χ2v) is 8.32. The minimum absolute atomic E-state index is 0.326. The van der Waals surface area contributed by atoms with Gasteiger partial charge in [0.25, 0.3) is 0 Å². The Labute approximate surface area is 151 Å². The molecule has 136 valence electrons. The molecule has 0 bridgehead atoms. The van der Waals surface area contributed by atoms with Gasteiger partial charge in [0.15, 0.2) is 0 Å². The van der Waals surface area contributed by atoms with Crippen LogP contribution >= 0.6 is 0 Å². The van der Waals surface area contributed by atoms with Crippen LogP contribution in [0.3, 0.4) is 0 Å². The normalized spacial score (nSPS) is 26.8. The first-order valence-electron chi connectivity index (χ1n) is 9.90. The van der Waals surface area contributed by atoms with Gasteiger partial charge in [-0.3, -0.25) is 4.79 Å². The van der Waals surface area contributed by atoms with Crippen molar-refractivity contribution in [3.8, 4) is 0 Å². The van der Waals surface area contributed by atoms with Crippen molar-refractivity contribution in [3.63, 3.8) is 0 Å². The Morgan fingerprint density at radius 3 is 2.40 bits per heavy atom. The van der Waals surface area contributed by atoms with E-state index < -0.39 is 0 Å².